The summed E-state index contributed by atoms with van der Waals surface area (Å²) in [4.78, 5) is 35.8. The van der Waals surface area contributed by atoms with E-state index in [1.165, 1.54) is 11.3 Å². The topological polar surface area (TPSA) is 99.1 Å². The number of hydrogen-bond acceptors (Lipinski definition) is 7. The number of aryl methyl sites for hydroxylation is 1. The molecule has 0 aliphatic carbocycles. The number of carbonyl (C=O) groups is 2. The summed E-state index contributed by atoms with van der Waals surface area (Å²) in [7, 11) is -4.66. The molecule has 0 fully saturated rings. The Kier molecular flexibility index (Phi) is 9.75. The Bertz CT molecular complexity index is 1310. The van der Waals surface area contributed by atoms with Gasteiger partial charge in [0.2, 0.25) is 6.79 Å². The van der Waals surface area contributed by atoms with Crippen LogP contribution in [0.2, 0.25) is 10.0 Å². The molecule has 11 heteroatoms. The number of ketones is 1. The first-order valence-corrected chi connectivity index (χ1v) is 14.2. The highest BCUT2D eigenvalue weighted by Crippen LogP contribution is 2.59. The van der Waals surface area contributed by atoms with Gasteiger partial charge in [0.15, 0.2) is 5.78 Å². The van der Waals surface area contributed by atoms with Crippen LogP contribution in [-0.4, -0.2) is 29.7 Å². The van der Waals surface area contributed by atoms with Crippen molar-refractivity contribution in [2.75, 3.05) is 6.79 Å². The first-order chi connectivity index (χ1) is 17.0. The third-order valence-corrected chi connectivity index (χ3v) is 8.06. The van der Waals surface area contributed by atoms with E-state index in [1.54, 1.807) is 55.6 Å². The van der Waals surface area contributed by atoms with E-state index in [1.807, 2.05) is 19.1 Å². The van der Waals surface area contributed by atoms with Crippen molar-refractivity contribution in [1.29, 1.82) is 0 Å². The predicted octanol–water partition coefficient (Wildman–Crippen LogP) is 7.95. The molecule has 1 heterocycles. The van der Waals surface area contributed by atoms with E-state index in [4.69, 9.17) is 37.2 Å². The summed E-state index contributed by atoms with van der Waals surface area (Å²) in [5.41, 5.74) is 0.528. The molecule has 0 spiro atoms. The molecule has 0 radical (unpaired) electrons. The SMILES string of the molecule is Cc1cc(Cl)cc(/C=C/CC(=O)C(c2csc3ccc(Cl)cc23)P(=O)(O)OCOC(=O)OC(C)C)c1. The standard InChI is InChI=1S/C25H25Cl2O7PS/c1-15(2)34-25(29)32-14-33-35(30,31)24(21-13-36-23-8-7-18(26)12-20(21)23)22(28)6-4-5-17-9-16(3)10-19(27)11-17/h4-5,7-13,15,24H,6,14H2,1-3H3,(H,30,31)/b5-4+. The summed E-state index contributed by atoms with van der Waals surface area (Å²) in [5, 5.41) is 3.18. The smallest absolute Gasteiger partial charge is 0.432 e. The highest BCUT2D eigenvalue weighted by Gasteiger charge is 2.41. The summed E-state index contributed by atoms with van der Waals surface area (Å²) in [6, 6.07) is 10.5. The number of hydrogen-bond donors (Lipinski definition) is 1. The molecule has 0 bridgehead atoms. The molecule has 0 saturated heterocycles. The average Bonchev–Trinajstić information content (AvgIpc) is 3.14. The summed E-state index contributed by atoms with van der Waals surface area (Å²) >= 11 is 13.5. The number of ether oxygens (including phenoxy) is 2. The van der Waals surface area contributed by atoms with E-state index in [-0.39, 0.29) is 6.42 Å². The fourth-order valence-corrected chi connectivity index (χ4v) is 6.42. The molecule has 1 N–H and O–H groups in total. The maximum absolute atomic E-state index is 13.3. The third-order valence-electron chi connectivity index (χ3n) is 4.93. The number of halogens is 2. The predicted molar refractivity (Wildman–Crippen MR) is 143 cm³/mol. The van der Waals surface area contributed by atoms with Crippen molar-refractivity contribution in [2.45, 2.75) is 39.0 Å². The van der Waals surface area contributed by atoms with Crippen LogP contribution in [0, 0.1) is 6.92 Å². The van der Waals surface area contributed by atoms with Crippen LogP contribution in [0.5, 0.6) is 0 Å². The molecule has 36 heavy (non-hydrogen) atoms. The van der Waals surface area contributed by atoms with E-state index in [0.29, 0.717) is 21.0 Å². The van der Waals surface area contributed by atoms with Gasteiger partial charge in [0.05, 0.1) is 6.10 Å². The quantitative estimate of drug-likeness (QED) is 0.150. The molecule has 0 saturated carbocycles. The van der Waals surface area contributed by atoms with Crippen molar-refractivity contribution in [3.8, 4) is 0 Å². The Morgan fingerprint density at radius 1 is 1.14 bits per heavy atom. The van der Waals surface area contributed by atoms with E-state index >= 15 is 0 Å². The fraction of sp³-hybridized carbons (Fsp3) is 0.280. The fourth-order valence-electron chi connectivity index (χ4n) is 3.50. The van der Waals surface area contributed by atoms with Gasteiger partial charge in [-0.3, -0.25) is 13.9 Å². The van der Waals surface area contributed by atoms with Crippen LogP contribution < -0.4 is 0 Å². The van der Waals surface area contributed by atoms with E-state index < -0.39 is 38.1 Å². The normalized spacial score (nSPS) is 14.2. The van der Waals surface area contributed by atoms with Gasteiger partial charge in [-0.1, -0.05) is 41.4 Å². The Morgan fingerprint density at radius 3 is 2.58 bits per heavy atom. The lowest BCUT2D eigenvalue weighted by Crippen LogP contribution is -2.17. The van der Waals surface area contributed by atoms with Crippen LogP contribution in [0.4, 0.5) is 4.79 Å². The van der Waals surface area contributed by atoms with Crippen LogP contribution >= 0.6 is 42.1 Å². The Morgan fingerprint density at radius 2 is 1.89 bits per heavy atom. The van der Waals surface area contributed by atoms with Crippen molar-refractivity contribution < 1.29 is 33.0 Å². The molecule has 7 nitrogen and oxygen atoms in total. The van der Waals surface area contributed by atoms with Crippen molar-refractivity contribution >= 4 is 70.2 Å². The number of thiophene rings is 1. The number of benzene rings is 2. The van der Waals surface area contributed by atoms with Crippen molar-refractivity contribution in [3.05, 3.63) is 74.6 Å². The summed E-state index contributed by atoms with van der Waals surface area (Å²) in [5.74, 6) is -0.555. The zero-order valence-corrected chi connectivity index (χ0v) is 23.0. The number of fused-ring (bicyclic) bond motifs is 1. The summed E-state index contributed by atoms with van der Waals surface area (Å²) in [6.07, 6.45) is 1.66. The molecule has 3 rings (SSSR count). The first kappa shape index (κ1) is 28.4. The molecule has 0 aliphatic rings. The molecular weight excluding hydrogens is 546 g/mol. The van der Waals surface area contributed by atoms with Crippen molar-refractivity contribution in [1.82, 2.24) is 0 Å². The molecule has 192 valence electrons. The number of allylic oxidation sites excluding steroid dienone is 1. The number of Topliss-reactive ketones (excluding diaryl/α,β-unsaturated/α-hetero) is 1. The Labute approximate surface area is 223 Å². The Hall–Kier alpha value is -2.19. The lowest BCUT2D eigenvalue weighted by atomic mass is 10.0. The van der Waals surface area contributed by atoms with Gasteiger partial charge in [0, 0.05) is 21.2 Å². The molecule has 2 unspecified atom stereocenters. The van der Waals surface area contributed by atoms with Gasteiger partial charge in [0.1, 0.15) is 5.66 Å². The average molecular weight is 571 g/mol. The van der Waals surface area contributed by atoms with Gasteiger partial charge in [-0.2, -0.15) is 0 Å². The van der Waals surface area contributed by atoms with Crippen LogP contribution in [0.3, 0.4) is 0 Å². The maximum atomic E-state index is 13.3. The third kappa shape index (κ3) is 7.65. The molecular formula is C25H25Cl2O7PS. The molecule has 2 atom stereocenters. The van der Waals surface area contributed by atoms with Gasteiger partial charge >= 0.3 is 13.8 Å². The van der Waals surface area contributed by atoms with E-state index in [2.05, 4.69) is 0 Å². The van der Waals surface area contributed by atoms with E-state index in [0.717, 1.165) is 15.8 Å². The number of rotatable bonds is 10. The van der Waals surface area contributed by atoms with Gasteiger partial charge in [0.25, 0.3) is 0 Å². The van der Waals surface area contributed by atoms with Gasteiger partial charge in [-0.05, 0) is 78.6 Å². The van der Waals surface area contributed by atoms with Crippen LogP contribution in [0.25, 0.3) is 16.2 Å². The molecule has 1 aromatic heterocycles. The lowest BCUT2D eigenvalue weighted by molar-refractivity contribution is -0.118. The van der Waals surface area contributed by atoms with Crippen LogP contribution in [-0.2, 0) is 23.4 Å². The monoisotopic (exact) mass is 570 g/mol. The highest BCUT2D eigenvalue weighted by molar-refractivity contribution is 7.54. The Balaban J connectivity index is 1.87. The minimum atomic E-state index is -4.66. The van der Waals surface area contributed by atoms with Crippen molar-refractivity contribution in [3.63, 3.8) is 0 Å². The largest absolute Gasteiger partial charge is 0.510 e. The van der Waals surface area contributed by atoms with Crippen LogP contribution in [0.15, 0.2) is 47.9 Å². The first-order valence-electron chi connectivity index (χ1n) is 10.9. The van der Waals surface area contributed by atoms with Gasteiger partial charge in [-0.15, -0.1) is 11.3 Å². The second-order valence-electron chi connectivity index (χ2n) is 8.24. The molecule has 3 aromatic rings. The molecule has 0 amide bonds. The summed E-state index contributed by atoms with van der Waals surface area (Å²) in [6.45, 7) is 4.29. The maximum Gasteiger partial charge on any atom is 0.510 e. The zero-order chi connectivity index (χ0) is 26.5. The minimum absolute atomic E-state index is 0.154. The van der Waals surface area contributed by atoms with Crippen molar-refractivity contribution in [2.24, 2.45) is 0 Å². The lowest BCUT2D eigenvalue weighted by Gasteiger charge is -2.21. The molecule has 2 aromatic carbocycles. The highest BCUT2D eigenvalue weighted by atomic mass is 35.5. The minimum Gasteiger partial charge on any atom is -0.432 e. The van der Waals surface area contributed by atoms with Crippen LogP contribution in [0.1, 0.15) is 42.6 Å². The summed E-state index contributed by atoms with van der Waals surface area (Å²) < 4.78 is 28.7. The number of carbonyl (C=O) groups excluding carboxylic acids is 2. The second-order valence-corrected chi connectivity index (χ2v) is 11.9. The van der Waals surface area contributed by atoms with Gasteiger partial charge in [-0.25, -0.2) is 4.79 Å². The second kappa shape index (κ2) is 12.4. The molecule has 0 aliphatic heterocycles. The van der Waals surface area contributed by atoms with E-state index in [9.17, 15) is 19.0 Å². The van der Waals surface area contributed by atoms with Gasteiger partial charge < -0.3 is 14.4 Å². The zero-order valence-electron chi connectivity index (χ0n) is 19.8.